The van der Waals surface area contributed by atoms with Crippen molar-refractivity contribution in [1.82, 2.24) is 5.32 Å². The fourth-order valence-electron chi connectivity index (χ4n) is 2.87. The molecule has 19 heavy (non-hydrogen) atoms. The van der Waals surface area contributed by atoms with Crippen LogP contribution in [-0.4, -0.2) is 17.7 Å². The lowest BCUT2D eigenvalue weighted by Gasteiger charge is -2.24. The molecule has 0 saturated carbocycles. The molecule has 1 aromatic carbocycles. The van der Waals surface area contributed by atoms with Crippen LogP contribution in [-0.2, 0) is 12.8 Å². The summed E-state index contributed by atoms with van der Waals surface area (Å²) in [5.74, 6) is 0.612. The van der Waals surface area contributed by atoms with Crippen molar-refractivity contribution in [3.05, 3.63) is 34.9 Å². The SMILES string of the molecule is CCC(NCC(C)C)C(O)c1ccc2c(c1)CCC2. The predicted octanol–water partition coefficient (Wildman–Crippen LogP) is 3.23. The second-order valence-corrected chi connectivity index (χ2v) is 6.14. The summed E-state index contributed by atoms with van der Waals surface area (Å²) < 4.78 is 0. The molecule has 2 N–H and O–H groups in total. The number of aliphatic hydroxyl groups excluding tert-OH is 1. The highest BCUT2D eigenvalue weighted by atomic mass is 16.3. The topological polar surface area (TPSA) is 32.3 Å². The highest BCUT2D eigenvalue weighted by Crippen LogP contribution is 2.27. The van der Waals surface area contributed by atoms with E-state index in [1.54, 1.807) is 0 Å². The van der Waals surface area contributed by atoms with E-state index in [2.05, 4.69) is 44.3 Å². The maximum atomic E-state index is 10.6. The summed E-state index contributed by atoms with van der Waals surface area (Å²) in [6, 6.07) is 6.68. The lowest BCUT2D eigenvalue weighted by molar-refractivity contribution is 0.124. The van der Waals surface area contributed by atoms with Gasteiger partial charge in [0, 0.05) is 6.04 Å². The van der Waals surface area contributed by atoms with Gasteiger partial charge in [0.05, 0.1) is 6.10 Å². The van der Waals surface area contributed by atoms with Gasteiger partial charge in [-0.1, -0.05) is 39.0 Å². The van der Waals surface area contributed by atoms with E-state index in [1.165, 1.54) is 30.4 Å². The first-order valence-corrected chi connectivity index (χ1v) is 7.65. The van der Waals surface area contributed by atoms with E-state index in [0.717, 1.165) is 18.5 Å². The zero-order valence-electron chi connectivity index (χ0n) is 12.4. The molecule has 0 aliphatic heterocycles. The summed E-state index contributed by atoms with van der Waals surface area (Å²) in [6.07, 6.45) is 4.19. The van der Waals surface area contributed by atoms with Gasteiger partial charge in [-0.2, -0.15) is 0 Å². The van der Waals surface area contributed by atoms with Gasteiger partial charge in [0.15, 0.2) is 0 Å². The van der Waals surface area contributed by atoms with Crippen molar-refractivity contribution in [2.24, 2.45) is 5.92 Å². The predicted molar refractivity (Wildman–Crippen MR) is 80.3 cm³/mol. The minimum absolute atomic E-state index is 0.154. The number of fused-ring (bicyclic) bond motifs is 1. The van der Waals surface area contributed by atoms with Gasteiger partial charge in [-0.15, -0.1) is 0 Å². The van der Waals surface area contributed by atoms with E-state index in [0.29, 0.717) is 5.92 Å². The molecule has 0 bridgehead atoms. The first-order chi connectivity index (χ1) is 9.11. The van der Waals surface area contributed by atoms with Gasteiger partial charge in [-0.05, 0) is 54.8 Å². The van der Waals surface area contributed by atoms with Crippen LogP contribution in [0.1, 0.15) is 56.4 Å². The fourth-order valence-corrected chi connectivity index (χ4v) is 2.87. The summed E-state index contributed by atoms with van der Waals surface area (Å²) in [6.45, 7) is 7.48. The summed E-state index contributed by atoms with van der Waals surface area (Å²) >= 11 is 0. The Morgan fingerprint density at radius 2 is 1.95 bits per heavy atom. The van der Waals surface area contributed by atoms with Crippen LogP contribution in [0, 0.1) is 5.92 Å². The summed E-state index contributed by atoms with van der Waals surface area (Å²) in [5.41, 5.74) is 3.98. The van der Waals surface area contributed by atoms with Crippen molar-refractivity contribution in [3.8, 4) is 0 Å². The zero-order chi connectivity index (χ0) is 13.8. The van der Waals surface area contributed by atoms with Gasteiger partial charge in [0.2, 0.25) is 0 Å². The Bertz CT molecular complexity index is 414. The Balaban J connectivity index is 2.06. The first kappa shape index (κ1) is 14.5. The molecular weight excluding hydrogens is 234 g/mol. The summed E-state index contributed by atoms with van der Waals surface area (Å²) in [7, 11) is 0. The average Bonchev–Trinajstić information content (AvgIpc) is 2.85. The molecule has 2 atom stereocenters. The fraction of sp³-hybridized carbons (Fsp3) is 0.647. The van der Waals surface area contributed by atoms with Crippen LogP contribution < -0.4 is 5.32 Å². The van der Waals surface area contributed by atoms with Crippen molar-refractivity contribution in [3.63, 3.8) is 0 Å². The quantitative estimate of drug-likeness (QED) is 0.824. The number of benzene rings is 1. The van der Waals surface area contributed by atoms with Crippen molar-refractivity contribution in [2.45, 2.75) is 58.6 Å². The van der Waals surface area contributed by atoms with Crippen LogP contribution in [0.3, 0.4) is 0 Å². The number of rotatable bonds is 6. The molecule has 2 unspecified atom stereocenters. The minimum atomic E-state index is -0.394. The third-order valence-corrected chi connectivity index (χ3v) is 4.07. The van der Waals surface area contributed by atoms with Crippen molar-refractivity contribution < 1.29 is 5.11 Å². The highest BCUT2D eigenvalue weighted by molar-refractivity contribution is 5.36. The Morgan fingerprint density at radius 3 is 2.63 bits per heavy atom. The van der Waals surface area contributed by atoms with Crippen LogP contribution in [0.4, 0.5) is 0 Å². The van der Waals surface area contributed by atoms with Crippen LogP contribution in [0.5, 0.6) is 0 Å². The molecule has 1 aliphatic carbocycles. The second kappa shape index (κ2) is 6.53. The number of aryl methyl sites for hydroxylation is 2. The highest BCUT2D eigenvalue weighted by Gasteiger charge is 2.21. The smallest absolute Gasteiger partial charge is 0.0942 e. The van der Waals surface area contributed by atoms with Gasteiger partial charge in [-0.3, -0.25) is 0 Å². The van der Waals surface area contributed by atoms with Gasteiger partial charge in [-0.25, -0.2) is 0 Å². The van der Waals surface area contributed by atoms with Crippen LogP contribution in [0.15, 0.2) is 18.2 Å². The third kappa shape index (κ3) is 3.58. The maximum absolute atomic E-state index is 10.6. The minimum Gasteiger partial charge on any atom is -0.387 e. The second-order valence-electron chi connectivity index (χ2n) is 6.14. The molecule has 0 fully saturated rings. The maximum Gasteiger partial charge on any atom is 0.0942 e. The normalized spacial score (nSPS) is 17.5. The van der Waals surface area contributed by atoms with Gasteiger partial charge >= 0.3 is 0 Å². The molecule has 1 aliphatic rings. The molecule has 0 aromatic heterocycles. The Labute approximate surface area is 117 Å². The van der Waals surface area contributed by atoms with Crippen molar-refractivity contribution in [2.75, 3.05) is 6.54 Å². The number of hydrogen-bond donors (Lipinski definition) is 2. The molecule has 106 valence electrons. The zero-order valence-corrected chi connectivity index (χ0v) is 12.4. The van der Waals surface area contributed by atoms with E-state index in [-0.39, 0.29) is 6.04 Å². The molecule has 1 aromatic rings. The Hall–Kier alpha value is -0.860. The first-order valence-electron chi connectivity index (χ1n) is 7.65. The van der Waals surface area contributed by atoms with E-state index >= 15 is 0 Å². The van der Waals surface area contributed by atoms with E-state index in [4.69, 9.17) is 0 Å². The van der Waals surface area contributed by atoms with Gasteiger partial charge < -0.3 is 10.4 Å². The molecule has 0 spiro atoms. The van der Waals surface area contributed by atoms with E-state index < -0.39 is 6.10 Å². The monoisotopic (exact) mass is 261 g/mol. The van der Waals surface area contributed by atoms with Crippen LogP contribution >= 0.6 is 0 Å². The molecular formula is C17H27NO. The number of aliphatic hydroxyl groups is 1. The third-order valence-electron chi connectivity index (χ3n) is 4.07. The summed E-state index contributed by atoms with van der Waals surface area (Å²) in [4.78, 5) is 0. The largest absolute Gasteiger partial charge is 0.387 e. The van der Waals surface area contributed by atoms with Crippen molar-refractivity contribution in [1.29, 1.82) is 0 Å². The van der Waals surface area contributed by atoms with Crippen LogP contribution in [0.25, 0.3) is 0 Å². The Kier molecular flexibility index (Phi) is 5.00. The lowest BCUT2D eigenvalue weighted by Crippen LogP contribution is -2.36. The van der Waals surface area contributed by atoms with E-state index in [1.807, 2.05) is 0 Å². The molecule has 2 rings (SSSR count). The average molecular weight is 261 g/mol. The lowest BCUT2D eigenvalue weighted by atomic mass is 9.96. The molecule has 2 nitrogen and oxygen atoms in total. The molecule has 0 radical (unpaired) electrons. The molecule has 0 heterocycles. The molecule has 0 amide bonds. The number of hydrogen-bond acceptors (Lipinski definition) is 2. The van der Waals surface area contributed by atoms with Gasteiger partial charge in [0.25, 0.3) is 0 Å². The van der Waals surface area contributed by atoms with E-state index in [9.17, 15) is 5.11 Å². The Morgan fingerprint density at radius 1 is 1.21 bits per heavy atom. The number of nitrogens with one attached hydrogen (secondary N) is 1. The standard InChI is InChI=1S/C17H27NO/c1-4-16(18-11-12(2)3)17(19)15-9-8-13-6-5-7-14(13)10-15/h8-10,12,16-19H,4-7,11H2,1-3H3. The molecule has 0 saturated heterocycles. The summed E-state index contributed by atoms with van der Waals surface area (Å²) in [5, 5.41) is 14.0. The van der Waals surface area contributed by atoms with Crippen molar-refractivity contribution >= 4 is 0 Å². The van der Waals surface area contributed by atoms with Crippen LogP contribution in [0.2, 0.25) is 0 Å². The van der Waals surface area contributed by atoms with Gasteiger partial charge in [0.1, 0.15) is 0 Å². The molecule has 2 heteroatoms.